The van der Waals surface area contributed by atoms with Crippen LogP contribution >= 0.6 is 0 Å². The lowest BCUT2D eigenvalue weighted by Gasteiger charge is -2.09. The van der Waals surface area contributed by atoms with Crippen molar-refractivity contribution in [3.63, 3.8) is 0 Å². The van der Waals surface area contributed by atoms with Gasteiger partial charge in [-0.25, -0.2) is 26.8 Å². The smallest absolute Gasteiger partial charge is 0.338 e. The number of benzene rings is 2. The molecule has 2 rings (SSSR count). The zero-order valence-corrected chi connectivity index (χ0v) is 15.5. The molecule has 2 aromatic carbocycles. The second kappa shape index (κ2) is 7.85. The fraction of sp³-hybridized carbons (Fsp3) is 0.188. The number of hydrogen-bond donors (Lipinski definition) is 2. The van der Waals surface area contributed by atoms with Crippen LogP contribution in [0.25, 0.3) is 0 Å². The van der Waals surface area contributed by atoms with Gasteiger partial charge in [-0.15, -0.1) is 0 Å². The van der Waals surface area contributed by atoms with E-state index in [9.17, 15) is 21.6 Å². The highest BCUT2D eigenvalue weighted by Crippen LogP contribution is 2.18. The van der Waals surface area contributed by atoms with E-state index >= 15 is 0 Å². The highest BCUT2D eigenvalue weighted by molar-refractivity contribution is 7.92. The van der Waals surface area contributed by atoms with Crippen molar-refractivity contribution in [1.29, 1.82) is 0 Å². The molecule has 0 heterocycles. The van der Waals surface area contributed by atoms with Gasteiger partial charge in [-0.2, -0.15) is 0 Å². The third-order valence-electron chi connectivity index (χ3n) is 3.25. The average Bonchev–Trinajstić information content (AvgIpc) is 2.55. The fourth-order valence-corrected chi connectivity index (χ4v) is 3.82. The molecule has 0 spiro atoms. The number of primary sulfonamides is 1. The molecular formula is C16H18N2O6S2. The number of ether oxygens (including phenoxy) is 1. The van der Waals surface area contributed by atoms with Gasteiger partial charge in [-0.05, 0) is 48.9 Å². The SMILES string of the molecule is CCOC(=O)c1ccc(S(=O)(=O)Nc2ccc(CS(N)(=O)=O)cc2)cc1. The summed E-state index contributed by atoms with van der Waals surface area (Å²) in [6, 6.07) is 11.1. The Balaban J connectivity index is 2.14. The number of carbonyl (C=O) groups is 1. The Labute approximate surface area is 152 Å². The van der Waals surface area contributed by atoms with Crippen molar-refractivity contribution in [2.45, 2.75) is 17.6 Å². The summed E-state index contributed by atoms with van der Waals surface area (Å²) in [6.45, 7) is 1.90. The zero-order valence-electron chi connectivity index (χ0n) is 13.9. The molecule has 0 unspecified atom stereocenters. The molecule has 0 saturated carbocycles. The first kappa shape index (κ1) is 19.9. The highest BCUT2D eigenvalue weighted by atomic mass is 32.2. The van der Waals surface area contributed by atoms with E-state index in [1.807, 2.05) is 0 Å². The van der Waals surface area contributed by atoms with Gasteiger partial charge in [0.1, 0.15) is 0 Å². The van der Waals surface area contributed by atoms with Gasteiger partial charge >= 0.3 is 5.97 Å². The number of hydrogen-bond acceptors (Lipinski definition) is 6. The molecule has 2 aromatic rings. The molecular weight excluding hydrogens is 380 g/mol. The normalized spacial score (nSPS) is 11.8. The summed E-state index contributed by atoms with van der Waals surface area (Å²) in [4.78, 5) is 11.6. The van der Waals surface area contributed by atoms with E-state index in [-0.39, 0.29) is 28.5 Å². The third kappa shape index (κ3) is 5.55. The van der Waals surface area contributed by atoms with E-state index in [0.717, 1.165) is 0 Å². The first-order valence-electron chi connectivity index (χ1n) is 7.50. The largest absolute Gasteiger partial charge is 0.462 e. The Bertz CT molecular complexity index is 982. The maximum atomic E-state index is 12.4. The van der Waals surface area contributed by atoms with Crippen LogP contribution in [0.15, 0.2) is 53.4 Å². The van der Waals surface area contributed by atoms with Crippen molar-refractivity contribution >= 4 is 31.7 Å². The predicted molar refractivity (Wildman–Crippen MR) is 96.5 cm³/mol. The molecule has 0 aromatic heterocycles. The Kier molecular flexibility index (Phi) is 6.01. The summed E-state index contributed by atoms with van der Waals surface area (Å²) >= 11 is 0. The lowest BCUT2D eigenvalue weighted by Crippen LogP contribution is -2.15. The minimum Gasteiger partial charge on any atom is -0.462 e. The minimum atomic E-state index is -3.86. The minimum absolute atomic E-state index is 0.0286. The molecule has 0 aliphatic heterocycles. The Hall–Kier alpha value is -2.43. The zero-order chi connectivity index (χ0) is 19.4. The summed E-state index contributed by atoms with van der Waals surface area (Å²) in [7, 11) is -7.52. The molecule has 0 aliphatic carbocycles. The van der Waals surface area contributed by atoms with Crippen LogP contribution in [-0.2, 0) is 30.5 Å². The molecule has 0 atom stereocenters. The van der Waals surface area contributed by atoms with Crippen LogP contribution in [-0.4, -0.2) is 29.4 Å². The second-order valence-electron chi connectivity index (χ2n) is 5.35. The summed E-state index contributed by atoms with van der Waals surface area (Å²) in [5.74, 6) is -0.870. The van der Waals surface area contributed by atoms with Crippen LogP contribution in [0.3, 0.4) is 0 Å². The van der Waals surface area contributed by atoms with E-state index < -0.39 is 26.0 Å². The summed E-state index contributed by atoms with van der Waals surface area (Å²) in [5, 5.41) is 4.96. The molecule has 26 heavy (non-hydrogen) atoms. The van der Waals surface area contributed by atoms with Crippen molar-refractivity contribution in [2.24, 2.45) is 5.14 Å². The van der Waals surface area contributed by atoms with Gasteiger partial charge in [-0.1, -0.05) is 12.1 Å². The van der Waals surface area contributed by atoms with E-state index in [2.05, 4.69) is 4.72 Å². The molecule has 8 nitrogen and oxygen atoms in total. The molecule has 0 radical (unpaired) electrons. The van der Waals surface area contributed by atoms with Crippen molar-refractivity contribution in [3.05, 3.63) is 59.7 Å². The standard InChI is InChI=1S/C16H18N2O6S2/c1-2-24-16(19)13-5-9-15(10-6-13)26(22,23)18-14-7-3-12(4-8-14)11-25(17,20)21/h3-10,18H,2,11H2,1H3,(H2,17,20,21). The number of nitrogens with two attached hydrogens (primary N) is 1. The van der Waals surface area contributed by atoms with Crippen molar-refractivity contribution < 1.29 is 26.4 Å². The number of nitrogens with one attached hydrogen (secondary N) is 1. The van der Waals surface area contributed by atoms with Crippen LogP contribution in [0.1, 0.15) is 22.8 Å². The lowest BCUT2D eigenvalue weighted by molar-refractivity contribution is 0.0526. The highest BCUT2D eigenvalue weighted by Gasteiger charge is 2.16. The number of sulfonamides is 2. The summed E-state index contributed by atoms with van der Waals surface area (Å²) in [6.07, 6.45) is 0. The van der Waals surface area contributed by atoms with Crippen LogP contribution < -0.4 is 9.86 Å². The summed E-state index contributed by atoms with van der Waals surface area (Å²) in [5.41, 5.74) is 0.949. The van der Waals surface area contributed by atoms with Crippen molar-refractivity contribution in [2.75, 3.05) is 11.3 Å². The van der Waals surface area contributed by atoms with Gasteiger partial charge in [0.05, 0.1) is 22.8 Å². The number of carbonyl (C=O) groups excluding carboxylic acids is 1. The van der Waals surface area contributed by atoms with Gasteiger partial charge in [0.25, 0.3) is 10.0 Å². The monoisotopic (exact) mass is 398 g/mol. The van der Waals surface area contributed by atoms with E-state index in [0.29, 0.717) is 5.56 Å². The van der Waals surface area contributed by atoms with Crippen molar-refractivity contribution in [3.8, 4) is 0 Å². The van der Waals surface area contributed by atoms with Gasteiger partial charge in [-0.3, -0.25) is 4.72 Å². The topological polar surface area (TPSA) is 133 Å². The Morgan fingerprint density at radius 1 is 1.00 bits per heavy atom. The Morgan fingerprint density at radius 2 is 1.58 bits per heavy atom. The predicted octanol–water partition coefficient (Wildman–Crippen LogP) is 1.45. The maximum Gasteiger partial charge on any atom is 0.338 e. The van der Waals surface area contributed by atoms with Gasteiger partial charge in [0.2, 0.25) is 10.0 Å². The summed E-state index contributed by atoms with van der Waals surface area (Å²) < 4.78 is 54.1. The van der Waals surface area contributed by atoms with Crippen LogP contribution in [0, 0.1) is 0 Å². The molecule has 0 fully saturated rings. The van der Waals surface area contributed by atoms with Crippen LogP contribution in [0.5, 0.6) is 0 Å². The van der Waals surface area contributed by atoms with Crippen LogP contribution in [0.2, 0.25) is 0 Å². The molecule has 3 N–H and O–H groups in total. The van der Waals surface area contributed by atoms with E-state index in [4.69, 9.17) is 9.88 Å². The van der Waals surface area contributed by atoms with E-state index in [1.165, 1.54) is 48.5 Å². The number of anilines is 1. The second-order valence-corrected chi connectivity index (χ2v) is 8.65. The van der Waals surface area contributed by atoms with Gasteiger partial charge < -0.3 is 4.74 Å². The number of rotatable bonds is 7. The molecule has 140 valence electrons. The average molecular weight is 398 g/mol. The van der Waals surface area contributed by atoms with Crippen molar-refractivity contribution in [1.82, 2.24) is 0 Å². The molecule has 10 heteroatoms. The lowest BCUT2D eigenvalue weighted by atomic mass is 10.2. The molecule has 0 saturated heterocycles. The van der Waals surface area contributed by atoms with E-state index in [1.54, 1.807) is 6.92 Å². The fourth-order valence-electron chi connectivity index (χ4n) is 2.10. The number of esters is 1. The van der Waals surface area contributed by atoms with Gasteiger partial charge in [0.15, 0.2) is 0 Å². The third-order valence-corrected chi connectivity index (χ3v) is 5.38. The van der Waals surface area contributed by atoms with Gasteiger partial charge in [0, 0.05) is 5.69 Å². The molecule has 0 aliphatic rings. The maximum absolute atomic E-state index is 12.4. The van der Waals surface area contributed by atoms with Crippen LogP contribution in [0.4, 0.5) is 5.69 Å². The molecule has 0 bridgehead atoms. The first-order chi connectivity index (χ1) is 12.1. The molecule has 0 amide bonds. The Morgan fingerprint density at radius 3 is 2.08 bits per heavy atom. The quantitative estimate of drug-likeness (QED) is 0.678. The first-order valence-corrected chi connectivity index (χ1v) is 10.7.